The van der Waals surface area contributed by atoms with Gasteiger partial charge in [-0.05, 0) is 0 Å². The summed E-state index contributed by atoms with van der Waals surface area (Å²) in [7, 11) is 0. The summed E-state index contributed by atoms with van der Waals surface area (Å²) in [5.41, 5.74) is 3.34. The van der Waals surface area contributed by atoms with Gasteiger partial charge in [-0.1, -0.05) is 0 Å². The molecule has 0 saturated carbocycles. The van der Waals surface area contributed by atoms with Crippen molar-refractivity contribution in [3.05, 3.63) is 33.9 Å². The molecule has 0 spiro atoms. The molecule has 0 aliphatic rings. The Labute approximate surface area is 110 Å². The van der Waals surface area contributed by atoms with Crippen LogP contribution in [0, 0.1) is 21.7 Å². The zero-order valence-corrected chi connectivity index (χ0v) is 9.80. The second-order valence-electron chi connectivity index (χ2n) is 3.73. The number of aliphatic carboxylic acids is 1. The van der Waals surface area contributed by atoms with E-state index >= 15 is 0 Å². The number of hydrogen-bond acceptors (Lipinski definition) is 5. The van der Waals surface area contributed by atoms with Crippen molar-refractivity contribution in [3.8, 4) is 0 Å². The topological polar surface area (TPSA) is 136 Å². The Kier molecular flexibility index (Phi) is 4.64. The summed E-state index contributed by atoms with van der Waals surface area (Å²) in [5.74, 6) is -5.07. The molecule has 1 atom stereocenters. The van der Waals surface area contributed by atoms with E-state index in [1.54, 1.807) is 5.32 Å². The molecule has 0 saturated heterocycles. The highest BCUT2D eigenvalue weighted by Crippen LogP contribution is 2.28. The van der Waals surface area contributed by atoms with Crippen LogP contribution in [-0.2, 0) is 9.59 Å². The molecule has 0 aliphatic carbocycles. The second kappa shape index (κ2) is 6.02. The number of nitrogens with two attached hydrogens (primary N) is 1. The minimum atomic E-state index is -1.53. The third-order valence-corrected chi connectivity index (χ3v) is 2.21. The van der Waals surface area contributed by atoms with Crippen molar-refractivity contribution in [2.45, 2.75) is 12.5 Å². The first-order chi connectivity index (χ1) is 9.22. The van der Waals surface area contributed by atoms with Crippen LogP contribution in [0.1, 0.15) is 6.42 Å². The van der Waals surface area contributed by atoms with Gasteiger partial charge in [-0.25, -0.2) is 8.78 Å². The van der Waals surface area contributed by atoms with Crippen LogP contribution < -0.4 is 11.1 Å². The number of anilines is 1. The van der Waals surface area contributed by atoms with Gasteiger partial charge in [0, 0.05) is 6.07 Å². The average molecular weight is 289 g/mol. The van der Waals surface area contributed by atoms with E-state index in [-0.39, 0.29) is 0 Å². The molecule has 108 valence electrons. The van der Waals surface area contributed by atoms with E-state index in [2.05, 4.69) is 0 Å². The van der Waals surface area contributed by atoms with E-state index < -0.39 is 52.3 Å². The summed E-state index contributed by atoms with van der Waals surface area (Å²) in [6.07, 6.45) is -0.748. The van der Waals surface area contributed by atoms with Gasteiger partial charge in [0.15, 0.2) is 11.5 Å². The Morgan fingerprint density at radius 2 is 2.05 bits per heavy atom. The zero-order chi connectivity index (χ0) is 15.4. The fourth-order valence-electron chi connectivity index (χ4n) is 1.32. The van der Waals surface area contributed by atoms with Gasteiger partial charge in [-0.15, -0.1) is 0 Å². The highest BCUT2D eigenvalue weighted by Gasteiger charge is 2.25. The van der Waals surface area contributed by atoms with Gasteiger partial charge in [-0.2, -0.15) is 0 Å². The van der Waals surface area contributed by atoms with E-state index in [1.165, 1.54) is 0 Å². The number of nitro groups is 1. The van der Waals surface area contributed by atoms with Crippen LogP contribution in [-0.4, -0.2) is 27.9 Å². The number of nitrogens with zero attached hydrogens (tertiary/aromatic N) is 1. The third kappa shape index (κ3) is 3.68. The first kappa shape index (κ1) is 15.4. The maximum atomic E-state index is 13.4. The number of carbonyl (C=O) groups is 2. The van der Waals surface area contributed by atoms with Gasteiger partial charge in [0.2, 0.25) is 5.91 Å². The van der Waals surface area contributed by atoms with Gasteiger partial charge < -0.3 is 16.2 Å². The fraction of sp³-hybridized carbons (Fsp3) is 0.200. The second-order valence-corrected chi connectivity index (χ2v) is 3.73. The first-order valence-electron chi connectivity index (χ1n) is 5.14. The molecule has 0 fully saturated rings. The third-order valence-electron chi connectivity index (χ3n) is 2.21. The molecule has 0 radical (unpaired) electrons. The summed E-state index contributed by atoms with van der Waals surface area (Å²) < 4.78 is 26.3. The number of amides is 1. The fourth-order valence-corrected chi connectivity index (χ4v) is 1.32. The normalized spacial score (nSPS) is 11.8. The minimum absolute atomic E-state index is 0.339. The lowest BCUT2D eigenvalue weighted by Gasteiger charge is -2.11. The molecule has 1 amide bonds. The molecule has 4 N–H and O–H groups in total. The largest absolute Gasteiger partial charge is 0.481 e. The molecule has 8 nitrogen and oxygen atoms in total. The van der Waals surface area contributed by atoms with Gasteiger partial charge in [0.05, 0.1) is 23.5 Å². The maximum absolute atomic E-state index is 13.4. The lowest BCUT2D eigenvalue weighted by molar-refractivity contribution is -0.384. The number of rotatable bonds is 5. The van der Waals surface area contributed by atoms with Crippen molar-refractivity contribution < 1.29 is 28.4 Å². The van der Waals surface area contributed by atoms with Crippen molar-refractivity contribution in [2.24, 2.45) is 5.73 Å². The summed E-state index contributed by atoms with van der Waals surface area (Å²) in [5, 5.41) is 20.9. The molecule has 10 heteroatoms. The van der Waals surface area contributed by atoms with E-state index in [4.69, 9.17) is 10.8 Å². The van der Waals surface area contributed by atoms with Crippen molar-refractivity contribution in [2.75, 3.05) is 5.32 Å². The van der Waals surface area contributed by atoms with Crippen LogP contribution in [0.3, 0.4) is 0 Å². The van der Waals surface area contributed by atoms with E-state index in [0.717, 1.165) is 0 Å². The molecule has 1 rings (SSSR count). The Balaban J connectivity index is 3.05. The average Bonchev–Trinajstić information content (AvgIpc) is 2.30. The van der Waals surface area contributed by atoms with Gasteiger partial charge >= 0.3 is 5.97 Å². The number of carboxylic acid groups (broad SMARTS) is 1. The van der Waals surface area contributed by atoms with Crippen molar-refractivity contribution in [3.63, 3.8) is 0 Å². The number of carboxylic acids is 1. The molecule has 1 aromatic carbocycles. The van der Waals surface area contributed by atoms with Crippen LogP contribution >= 0.6 is 0 Å². The number of nitrogens with one attached hydrogen (secondary N) is 1. The lowest BCUT2D eigenvalue weighted by atomic mass is 10.2. The molecular weight excluding hydrogens is 280 g/mol. The van der Waals surface area contributed by atoms with Gasteiger partial charge in [0.1, 0.15) is 5.82 Å². The standard InChI is InChI=1S/C10H9F2N3O5/c11-4-1-5(12)9(7(2-4)15(19)20)14-10(18)6(13)3-8(16)17/h1-2,6H,3,13H2,(H,14,18)(H,16,17). The summed E-state index contributed by atoms with van der Waals surface area (Å²) in [4.78, 5) is 31.4. The molecule has 1 aromatic rings. The molecule has 0 aliphatic heterocycles. The SMILES string of the molecule is NC(CC(=O)O)C(=O)Nc1c(F)cc(F)cc1[N+](=O)[O-]. The maximum Gasteiger partial charge on any atom is 0.305 e. The van der Waals surface area contributed by atoms with E-state index in [9.17, 15) is 28.5 Å². The van der Waals surface area contributed by atoms with Gasteiger partial charge in [-0.3, -0.25) is 19.7 Å². The molecule has 1 unspecified atom stereocenters. The zero-order valence-electron chi connectivity index (χ0n) is 9.80. The smallest absolute Gasteiger partial charge is 0.305 e. The van der Waals surface area contributed by atoms with E-state index in [1.807, 2.05) is 0 Å². The Hall–Kier alpha value is -2.62. The highest BCUT2D eigenvalue weighted by molar-refractivity contribution is 5.98. The predicted molar refractivity (Wildman–Crippen MR) is 61.9 cm³/mol. The minimum Gasteiger partial charge on any atom is -0.481 e. The number of hydrogen-bond donors (Lipinski definition) is 3. The van der Waals surface area contributed by atoms with Crippen molar-refractivity contribution in [1.29, 1.82) is 0 Å². The molecule has 0 bridgehead atoms. The molecule has 0 aromatic heterocycles. The summed E-state index contributed by atoms with van der Waals surface area (Å²) >= 11 is 0. The Morgan fingerprint density at radius 1 is 1.45 bits per heavy atom. The van der Waals surface area contributed by atoms with E-state index in [0.29, 0.717) is 12.1 Å². The van der Waals surface area contributed by atoms with Crippen molar-refractivity contribution in [1.82, 2.24) is 0 Å². The number of nitro benzene ring substituents is 1. The van der Waals surface area contributed by atoms with Crippen LogP contribution in [0.25, 0.3) is 0 Å². The quantitative estimate of drug-likeness (QED) is 0.536. The Morgan fingerprint density at radius 3 is 2.55 bits per heavy atom. The monoisotopic (exact) mass is 289 g/mol. The molecule has 20 heavy (non-hydrogen) atoms. The first-order valence-corrected chi connectivity index (χ1v) is 5.14. The lowest BCUT2D eigenvalue weighted by Crippen LogP contribution is -2.37. The number of carbonyl (C=O) groups excluding carboxylic acids is 1. The molecular formula is C10H9F2N3O5. The number of benzene rings is 1. The van der Waals surface area contributed by atoms with Gasteiger partial charge in [0.25, 0.3) is 5.69 Å². The van der Waals surface area contributed by atoms with Crippen LogP contribution in [0.2, 0.25) is 0 Å². The Bertz CT molecular complexity index is 578. The molecule has 0 heterocycles. The van der Waals surface area contributed by atoms with Crippen LogP contribution in [0.5, 0.6) is 0 Å². The summed E-state index contributed by atoms with van der Waals surface area (Å²) in [6, 6.07) is -0.774. The summed E-state index contributed by atoms with van der Waals surface area (Å²) in [6.45, 7) is 0. The van der Waals surface area contributed by atoms with Crippen molar-refractivity contribution >= 4 is 23.3 Å². The predicted octanol–water partition coefficient (Wildman–Crippen LogP) is 0.613. The van der Waals surface area contributed by atoms with Crippen LogP contribution in [0.15, 0.2) is 12.1 Å². The van der Waals surface area contributed by atoms with Crippen LogP contribution in [0.4, 0.5) is 20.2 Å². The highest BCUT2D eigenvalue weighted by atomic mass is 19.1. The number of halogens is 2.